The smallest absolute Gasteiger partial charge is 0.200 e. The topological polar surface area (TPSA) is 65.5 Å². The number of sulfone groups is 1. The third-order valence-electron chi connectivity index (χ3n) is 3.19. The molecule has 21 heavy (non-hydrogen) atoms. The fraction of sp³-hybridized carbons (Fsp3) is 0.133. The Bertz CT molecular complexity index is 798. The van der Waals surface area contributed by atoms with Gasteiger partial charge in [0.25, 0.3) is 0 Å². The van der Waals surface area contributed by atoms with Gasteiger partial charge in [0.05, 0.1) is 18.2 Å². The molecule has 1 aromatic heterocycles. The maximum atomic E-state index is 11.8. The Morgan fingerprint density at radius 3 is 2.81 bits per heavy atom. The molecule has 5 nitrogen and oxygen atoms in total. The summed E-state index contributed by atoms with van der Waals surface area (Å²) in [5, 5.41) is 1.19. The van der Waals surface area contributed by atoms with E-state index in [0.29, 0.717) is 17.1 Å². The van der Waals surface area contributed by atoms with E-state index < -0.39 is 9.84 Å². The fourth-order valence-corrected chi connectivity index (χ4v) is 3.40. The molecule has 0 amide bonds. The van der Waals surface area contributed by atoms with E-state index in [1.165, 1.54) is 12.5 Å². The minimum absolute atomic E-state index is 0.268. The predicted molar refractivity (Wildman–Crippen MR) is 77.8 cm³/mol. The first-order chi connectivity index (χ1) is 10.1. The van der Waals surface area contributed by atoms with Crippen LogP contribution >= 0.6 is 0 Å². The monoisotopic (exact) mass is 303 g/mol. The molecular formula is C15H13NO4S. The Kier molecular flexibility index (Phi) is 3.39. The molecule has 0 saturated heterocycles. The van der Waals surface area contributed by atoms with E-state index in [4.69, 9.17) is 9.47 Å². The molecule has 0 radical (unpaired) electrons. The molecule has 0 aliphatic carbocycles. The Morgan fingerprint density at radius 1 is 1.24 bits per heavy atom. The number of ether oxygens (including phenoxy) is 2. The summed E-state index contributed by atoms with van der Waals surface area (Å²) in [7, 11) is -1.82. The van der Waals surface area contributed by atoms with E-state index in [9.17, 15) is 8.42 Å². The van der Waals surface area contributed by atoms with Gasteiger partial charge in [-0.15, -0.1) is 0 Å². The zero-order valence-electron chi connectivity index (χ0n) is 11.3. The molecule has 6 heteroatoms. The Morgan fingerprint density at radius 2 is 2.10 bits per heavy atom. The summed E-state index contributed by atoms with van der Waals surface area (Å²) in [6.07, 6.45) is 4.83. The van der Waals surface area contributed by atoms with E-state index in [1.54, 1.807) is 42.7 Å². The van der Waals surface area contributed by atoms with Crippen molar-refractivity contribution in [1.29, 1.82) is 0 Å². The van der Waals surface area contributed by atoms with Crippen LogP contribution in [0.3, 0.4) is 0 Å². The van der Waals surface area contributed by atoms with Crippen molar-refractivity contribution in [2.45, 2.75) is 11.5 Å². The molecule has 2 heterocycles. The second kappa shape index (κ2) is 5.21. The first-order valence-corrected chi connectivity index (χ1v) is 7.82. The minimum Gasteiger partial charge on any atom is -0.496 e. The molecule has 0 atom stereocenters. The highest BCUT2D eigenvalue weighted by atomic mass is 32.2. The number of rotatable bonds is 4. The fourth-order valence-electron chi connectivity index (χ4n) is 2.21. The molecule has 0 fully saturated rings. The Labute approximate surface area is 122 Å². The van der Waals surface area contributed by atoms with E-state index in [1.807, 2.05) is 0 Å². The number of fused-ring (bicyclic) bond motifs is 1. The lowest BCUT2D eigenvalue weighted by Gasteiger charge is -2.13. The molecule has 0 N–H and O–H groups in total. The number of hydrogen-bond donors (Lipinski definition) is 0. The molecule has 2 aromatic rings. The van der Waals surface area contributed by atoms with Crippen molar-refractivity contribution in [2.24, 2.45) is 0 Å². The summed E-state index contributed by atoms with van der Waals surface area (Å²) in [4.78, 5) is 4.24. The van der Waals surface area contributed by atoms with Crippen LogP contribution in [0, 0.1) is 0 Å². The SMILES string of the molecule is COc1c(COc2cccnc2)ccc2c1C=CS2(=O)=O. The summed E-state index contributed by atoms with van der Waals surface area (Å²) < 4.78 is 34.6. The van der Waals surface area contributed by atoms with Crippen LogP contribution in [0.15, 0.2) is 47.0 Å². The molecule has 0 unspecified atom stereocenters. The van der Waals surface area contributed by atoms with Gasteiger partial charge in [-0.25, -0.2) is 8.42 Å². The Hall–Kier alpha value is -2.34. The van der Waals surface area contributed by atoms with Crippen molar-refractivity contribution in [2.75, 3.05) is 7.11 Å². The van der Waals surface area contributed by atoms with Crippen LogP contribution < -0.4 is 9.47 Å². The molecule has 1 aliphatic heterocycles. The summed E-state index contributed by atoms with van der Waals surface area (Å²) in [5.74, 6) is 1.16. The van der Waals surface area contributed by atoms with Crippen LogP contribution in [-0.2, 0) is 16.4 Å². The van der Waals surface area contributed by atoms with Gasteiger partial charge in [0.2, 0.25) is 9.84 Å². The highest BCUT2D eigenvalue weighted by Crippen LogP contribution is 2.36. The largest absolute Gasteiger partial charge is 0.496 e. The average molecular weight is 303 g/mol. The van der Waals surface area contributed by atoms with Gasteiger partial charge < -0.3 is 9.47 Å². The predicted octanol–water partition coefficient (Wildman–Crippen LogP) is 2.43. The lowest BCUT2D eigenvalue weighted by molar-refractivity contribution is 0.295. The molecule has 1 aliphatic rings. The quantitative estimate of drug-likeness (QED) is 0.868. The van der Waals surface area contributed by atoms with Gasteiger partial charge >= 0.3 is 0 Å². The number of aromatic nitrogens is 1. The van der Waals surface area contributed by atoms with Crippen LogP contribution in [0.1, 0.15) is 11.1 Å². The summed E-state index contributed by atoms with van der Waals surface area (Å²) in [6.45, 7) is 0.274. The van der Waals surface area contributed by atoms with Crippen LogP contribution in [0.4, 0.5) is 0 Å². The van der Waals surface area contributed by atoms with Crippen molar-refractivity contribution in [1.82, 2.24) is 4.98 Å². The number of benzene rings is 1. The second-order valence-electron chi connectivity index (χ2n) is 4.49. The zero-order valence-corrected chi connectivity index (χ0v) is 12.1. The van der Waals surface area contributed by atoms with Crippen molar-refractivity contribution in [3.63, 3.8) is 0 Å². The summed E-state index contributed by atoms with van der Waals surface area (Å²) in [5.41, 5.74) is 1.35. The van der Waals surface area contributed by atoms with Crippen molar-refractivity contribution >= 4 is 15.9 Å². The molecule has 1 aromatic carbocycles. The zero-order chi connectivity index (χ0) is 14.9. The normalized spacial score (nSPS) is 14.7. The lowest BCUT2D eigenvalue weighted by Crippen LogP contribution is -2.02. The standard InChI is InChI=1S/C15H13NO4S/c1-19-15-11(10-20-12-3-2-7-16-9-12)4-5-14-13(15)6-8-21(14,17)18/h2-9H,10H2,1H3. The minimum atomic E-state index is -3.33. The van der Waals surface area contributed by atoms with Gasteiger partial charge in [0, 0.05) is 22.7 Å². The maximum Gasteiger partial charge on any atom is 0.200 e. The van der Waals surface area contributed by atoms with Gasteiger partial charge in [-0.05, 0) is 24.3 Å². The third-order valence-corrected chi connectivity index (χ3v) is 4.65. The Balaban J connectivity index is 1.92. The van der Waals surface area contributed by atoms with Crippen LogP contribution in [0.25, 0.3) is 6.08 Å². The molecule has 3 rings (SSSR count). The van der Waals surface area contributed by atoms with E-state index in [-0.39, 0.29) is 11.5 Å². The van der Waals surface area contributed by atoms with Crippen LogP contribution in [-0.4, -0.2) is 20.5 Å². The third kappa shape index (κ3) is 2.50. The molecular weight excluding hydrogens is 290 g/mol. The van der Waals surface area contributed by atoms with Gasteiger partial charge in [0.15, 0.2) is 0 Å². The van der Waals surface area contributed by atoms with Crippen molar-refractivity contribution in [3.05, 3.63) is 53.2 Å². The molecule has 0 bridgehead atoms. The summed E-state index contributed by atoms with van der Waals surface area (Å²) in [6, 6.07) is 6.87. The first-order valence-electron chi connectivity index (χ1n) is 6.27. The number of methoxy groups -OCH3 is 1. The second-order valence-corrected chi connectivity index (χ2v) is 6.30. The molecule has 108 valence electrons. The number of hydrogen-bond acceptors (Lipinski definition) is 5. The van der Waals surface area contributed by atoms with Crippen LogP contribution in [0.5, 0.6) is 11.5 Å². The number of pyridine rings is 1. The highest BCUT2D eigenvalue weighted by Gasteiger charge is 2.25. The van der Waals surface area contributed by atoms with E-state index >= 15 is 0 Å². The molecule has 0 spiro atoms. The van der Waals surface area contributed by atoms with E-state index in [0.717, 1.165) is 5.56 Å². The van der Waals surface area contributed by atoms with Crippen molar-refractivity contribution in [3.8, 4) is 11.5 Å². The van der Waals surface area contributed by atoms with Crippen LogP contribution in [0.2, 0.25) is 0 Å². The molecule has 0 saturated carbocycles. The highest BCUT2D eigenvalue weighted by molar-refractivity contribution is 7.94. The maximum absolute atomic E-state index is 11.8. The van der Waals surface area contributed by atoms with Gasteiger partial charge in [-0.1, -0.05) is 6.07 Å². The van der Waals surface area contributed by atoms with Crippen molar-refractivity contribution < 1.29 is 17.9 Å². The lowest BCUT2D eigenvalue weighted by atomic mass is 10.1. The summed E-state index contributed by atoms with van der Waals surface area (Å²) >= 11 is 0. The van der Waals surface area contributed by atoms with E-state index in [2.05, 4.69) is 4.98 Å². The first kappa shape index (κ1) is 13.6. The average Bonchev–Trinajstić information content (AvgIpc) is 2.81. The van der Waals surface area contributed by atoms with Gasteiger partial charge in [-0.2, -0.15) is 0 Å². The number of nitrogens with zero attached hydrogens (tertiary/aromatic N) is 1. The van der Waals surface area contributed by atoms with Gasteiger partial charge in [-0.3, -0.25) is 4.98 Å². The van der Waals surface area contributed by atoms with Gasteiger partial charge in [0.1, 0.15) is 18.1 Å².